The van der Waals surface area contributed by atoms with Crippen LogP contribution in [0.5, 0.6) is 0 Å². The van der Waals surface area contributed by atoms with E-state index in [-0.39, 0.29) is 5.91 Å². The molecule has 0 spiro atoms. The van der Waals surface area contributed by atoms with E-state index in [0.717, 1.165) is 17.8 Å². The Labute approximate surface area is 82.7 Å². The largest absolute Gasteiger partial charge is 0.320 e. The Hall–Kier alpha value is -1.42. The highest BCUT2D eigenvalue weighted by Gasteiger charge is 2.25. The molecular weight excluding hydrogens is 178 g/mol. The third-order valence-electron chi connectivity index (χ3n) is 2.56. The van der Waals surface area contributed by atoms with Crippen LogP contribution in [0.3, 0.4) is 0 Å². The Kier molecular flexibility index (Phi) is 2.21. The summed E-state index contributed by atoms with van der Waals surface area (Å²) in [5.74, 6) is 0.688. The summed E-state index contributed by atoms with van der Waals surface area (Å²) in [6.45, 7) is 0. The van der Waals surface area contributed by atoms with Crippen molar-refractivity contribution in [2.45, 2.75) is 18.9 Å². The smallest absolute Gasteiger partial charge is 0.244 e. The molecule has 1 aliphatic heterocycles. The van der Waals surface area contributed by atoms with Gasteiger partial charge in [-0.3, -0.25) is 9.69 Å². The molecule has 0 radical (unpaired) electrons. The molecule has 1 unspecified atom stereocenters. The van der Waals surface area contributed by atoms with Crippen molar-refractivity contribution in [3.05, 3.63) is 23.9 Å². The first-order valence-electron chi connectivity index (χ1n) is 4.67. The van der Waals surface area contributed by atoms with E-state index in [4.69, 9.17) is 5.73 Å². The molecule has 1 aliphatic rings. The highest BCUT2D eigenvalue weighted by molar-refractivity contribution is 5.96. The zero-order valence-corrected chi connectivity index (χ0v) is 8.10. The van der Waals surface area contributed by atoms with Crippen molar-refractivity contribution in [2.24, 2.45) is 5.73 Å². The van der Waals surface area contributed by atoms with Gasteiger partial charge in [0.05, 0.1) is 6.04 Å². The summed E-state index contributed by atoms with van der Waals surface area (Å²) in [5.41, 5.74) is 6.82. The molecular formula is C10H13N3O. The van der Waals surface area contributed by atoms with E-state index in [2.05, 4.69) is 4.98 Å². The number of likely N-dealkylation sites (N-methyl/N-ethyl adjacent to an activating group) is 1. The summed E-state index contributed by atoms with van der Waals surface area (Å²) in [7, 11) is 1.72. The fraction of sp³-hybridized carbons (Fsp3) is 0.400. The van der Waals surface area contributed by atoms with E-state index >= 15 is 0 Å². The zero-order valence-electron chi connectivity index (χ0n) is 8.10. The van der Waals surface area contributed by atoms with Crippen molar-refractivity contribution in [1.29, 1.82) is 0 Å². The van der Waals surface area contributed by atoms with Crippen LogP contribution in [0.25, 0.3) is 0 Å². The quantitative estimate of drug-likeness (QED) is 0.642. The molecule has 0 saturated heterocycles. The Bertz CT molecular complexity index is 364. The van der Waals surface area contributed by atoms with Gasteiger partial charge in [0.25, 0.3) is 0 Å². The summed E-state index contributed by atoms with van der Waals surface area (Å²) in [5, 5.41) is 0. The van der Waals surface area contributed by atoms with Gasteiger partial charge in [-0.15, -0.1) is 0 Å². The number of amides is 1. The minimum Gasteiger partial charge on any atom is -0.320 e. The average Bonchev–Trinajstić information content (AvgIpc) is 2.32. The second kappa shape index (κ2) is 3.38. The number of fused-ring (bicyclic) bond motifs is 1. The number of carbonyl (C=O) groups is 1. The molecule has 1 aromatic rings. The van der Waals surface area contributed by atoms with E-state index in [1.54, 1.807) is 18.1 Å². The van der Waals surface area contributed by atoms with Crippen molar-refractivity contribution in [2.75, 3.05) is 11.9 Å². The molecule has 2 N–H and O–H groups in total. The molecule has 0 aliphatic carbocycles. The van der Waals surface area contributed by atoms with Crippen molar-refractivity contribution in [1.82, 2.24) is 4.98 Å². The first-order chi connectivity index (χ1) is 6.70. The second-order valence-corrected chi connectivity index (χ2v) is 3.53. The molecule has 1 amide bonds. The van der Waals surface area contributed by atoms with Gasteiger partial charge in [0.1, 0.15) is 5.82 Å². The number of anilines is 1. The highest BCUT2D eigenvalue weighted by Crippen LogP contribution is 2.22. The van der Waals surface area contributed by atoms with Gasteiger partial charge in [-0.2, -0.15) is 0 Å². The van der Waals surface area contributed by atoms with Gasteiger partial charge >= 0.3 is 0 Å². The first-order valence-corrected chi connectivity index (χ1v) is 4.67. The highest BCUT2D eigenvalue weighted by atomic mass is 16.2. The van der Waals surface area contributed by atoms with Gasteiger partial charge in [0.15, 0.2) is 0 Å². The number of nitrogens with zero attached hydrogens (tertiary/aromatic N) is 2. The molecule has 1 aromatic heterocycles. The van der Waals surface area contributed by atoms with E-state index < -0.39 is 6.04 Å². The first kappa shape index (κ1) is 9.15. The van der Waals surface area contributed by atoms with Crippen LogP contribution >= 0.6 is 0 Å². The van der Waals surface area contributed by atoms with Crippen LogP contribution in [0.1, 0.15) is 12.0 Å². The van der Waals surface area contributed by atoms with Crippen molar-refractivity contribution in [3.8, 4) is 0 Å². The number of hydrogen-bond acceptors (Lipinski definition) is 3. The van der Waals surface area contributed by atoms with Gasteiger partial charge in [0, 0.05) is 13.2 Å². The minimum absolute atomic E-state index is 0.0533. The number of aromatic nitrogens is 1. The fourth-order valence-electron chi connectivity index (χ4n) is 1.72. The summed E-state index contributed by atoms with van der Waals surface area (Å²) in [6, 6.07) is 3.48. The third kappa shape index (κ3) is 1.37. The van der Waals surface area contributed by atoms with E-state index in [1.807, 2.05) is 12.1 Å². The van der Waals surface area contributed by atoms with E-state index in [9.17, 15) is 4.79 Å². The molecule has 14 heavy (non-hydrogen) atoms. The summed E-state index contributed by atoms with van der Waals surface area (Å²) >= 11 is 0. The topological polar surface area (TPSA) is 59.2 Å². The molecule has 0 bridgehead atoms. The van der Waals surface area contributed by atoms with Gasteiger partial charge in [-0.1, -0.05) is 6.07 Å². The number of rotatable bonds is 0. The van der Waals surface area contributed by atoms with Crippen LogP contribution in [-0.2, 0) is 11.2 Å². The van der Waals surface area contributed by atoms with E-state index in [0.29, 0.717) is 6.42 Å². The molecule has 1 atom stereocenters. The predicted octanol–water partition coefficient (Wildman–Crippen LogP) is 0.318. The van der Waals surface area contributed by atoms with E-state index in [1.165, 1.54) is 0 Å². The standard InChI is InChI=1S/C10H13N3O/c1-13-9-7(3-2-6-12-9)4-5-8(11)10(13)14/h2-3,6,8H,4-5,11H2,1H3. The SMILES string of the molecule is CN1C(=O)C(N)CCc2cccnc21. The summed E-state index contributed by atoms with van der Waals surface area (Å²) in [4.78, 5) is 17.4. The molecule has 74 valence electrons. The van der Waals surface area contributed by atoms with Crippen LogP contribution in [0, 0.1) is 0 Å². The van der Waals surface area contributed by atoms with Crippen molar-refractivity contribution in [3.63, 3.8) is 0 Å². The number of aryl methyl sites for hydroxylation is 1. The predicted molar refractivity (Wildman–Crippen MR) is 53.9 cm³/mol. The van der Waals surface area contributed by atoms with Crippen LogP contribution in [0.2, 0.25) is 0 Å². The summed E-state index contributed by atoms with van der Waals surface area (Å²) < 4.78 is 0. The molecule has 4 nitrogen and oxygen atoms in total. The lowest BCUT2D eigenvalue weighted by atomic mass is 10.1. The number of pyridine rings is 1. The van der Waals surface area contributed by atoms with Crippen molar-refractivity contribution < 1.29 is 4.79 Å². The Morgan fingerprint density at radius 1 is 1.64 bits per heavy atom. The summed E-state index contributed by atoms with van der Waals surface area (Å²) in [6.07, 6.45) is 3.21. The van der Waals surface area contributed by atoms with Crippen LogP contribution in [0.4, 0.5) is 5.82 Å². The number of carbonyl (C=O) groups excluding carboxylic acids is 1. The molecule has 0 saturated carbocycles. The zero-order chi connectivity index (χ0) is 10.1. The van der Waals surface area contributed by atoms with Gasteiger partial charge in [-0.25, -0.2) is 4.98 Å². The van der Waals surface area contributed by atoms with Gasteiger partial charge in [0.2, 0.25) is 5.91 Å². The monoisotopic (exact) mass is 191 g/mol. The number of nitrogens with two attached hydrogens (primary N) is 1. The third-order valence-corrected chi connectivity index (χ3v) is 2.56. The maximum Gasteiger partial charge on any atom is 0.244 e. The van der Waals surface area contributed by atoms with Crippen LogP contribution in [-0.4, -0.2) is 24.0 Å². The molecule has 0 fully saturated rings. The minimum atomic E-state index is -0.394. The maximum atomic E-state index is 11.7. The van der Waals surface area contributed by atoms with Gasteiger partial charge < -0.3 is 5.73 Å². The Morgan fingerprint density at radius 3 is 3.21 bits per heavy atom. The molecule has 0 aromatic carbocycles. The lowest BCUT2D eigenvalue weighted by molar-refractivity contribution is -0.119. The molecule has 4 heteroatoms. The lowest BCUT2D eigenvalue weighted by Crippen LogP contribution is -2.40. The molecule has 2 heterocycles. The Balaban J connectivity index is 2.45. The Morgan fingerprint density at radius 2 is 2.43 bits per heavy atom. The normalized spacial score (nSPS) is 21.7. The van der Waals surface area contributed by atoms with Crippen molar-refractivity contribution >= 4 is 11.7 Å². The molecule has 2 rings (SSSR count). The second-order valence-electron chi connectivity index (χ2n) is 3.53. The van der Waals surface area contributed by atoms with Crippen LogP contribution in [0.15, 0.2) is 18.3 Å². The fourth-order valence-corrected chi connectivity index (χ4v) is 1.72. The lowest BCUT2D eigenvalue weighted by Gasteiger charge is -2.17. The maximum absolute atomic E-state index is 11.7. The average molecular weight is 191 g/mol. The van der Waals surface area contributed by atoms with Crippen LogP contribution < -0.4 is 10.6 Å². The number of hydrogen-bond donors (Lipinski definition) is 1. The van der Waals surface area contributed by atoms with Gasteiger partial charge in [-0.05, 0) is 24.5 Å².